The summed E-state index contributed by atoms with van der Waals surface area (Å²) in [6.07, 6.45) is 1.37. The van der Waals surface area contributed by atoms with Crippen LogP contribution in [0.1, 0.15) is 101 Å². The predicted molar refractivity (Wildman–Crippen MR) is 266 cm³/mol. The average Bonchev–Trinajstić information content (AvgIpc) is 3.77. The number of primary amides is 1. The standard InChI is InChI=1S/C48H84N10O9S/c1-15-30(8)41(57(12)47(64)39(28(4)5)54-46(63)40(29(6)7)56(10)11)36(66-13)26-37(59)58-25-17-19-35(58)42(67-14)31(9)43(60)55-68-33-22-20-32(21-23-33)52-44(61)34(18-16-24-51-48(50)65)53-45(62)38(49)27(2)3/h20-23,27-31,34-36,38-42H,15-19,24-26,49H2,1-14H3,(H,52,61)(H,53,62)(H,54,63)(H,55,60)(H3,50,51,65)/t30-,31+,34-,35-,36+,38-,39-,40-,41-,42+/m0/s1. The third-order valence-corrected chi connectivity index (χ3v) is 13.8. The van der Waals surface area contributed by atoms with Crippen LogP contribution in [-0.4, -0.2) is 153 Å². The molecular weight excluding hydrogens is 893 g/mol. The number of hydrogen-bond donors (Lipinski definition) is 7. The fourth-order valence-corrected chi connectivity index (χ4v) is 9.48. The summed E-state index contributed by atoms with van der Waals surface area (Å²) in [6.45, 7) is 17.9. The van der Waals surface area contributed by atoms with Gasteiger partial charge >= 0.3 is 6.03 Å². The van der Waals surface area contributed by atoms with E-state index in [-0.39, 0.29) is 72.7 Å². The Balaban J connectivity index is 2.16. The minimum atomic E-state index is -0.923. The van der Waals surface area contributed by atoms with Crippen LogP contribution < -0.4 is 37.5 Å². The number of rotatable bonds is 28. The molecule has 19 nitrogen and oxygen atoms in total. The highest BCUT2D eigenvalue weighted by Gasteiger charge is 2.43. The number of likely N-dealkylation sites (N-methyl/N-ethyl adjacent to an activating group) is 2. The number of nitrogens with zero attached hydrogens (tertiary/aromatic N) is 3. The maximum atomic E-state index is 14.3. The molecule has 386 valence electrons. The van der Waals surface area contributed by atoms with E-state index in [2.05, 4.69) is 26.0 Å². The Kier molecular flexibility index (Phi) is 25.3. The first-order valence-electron chi connectivity index (χ1n) is 24.0. The number of ether oxygens (including phenoxy) is 2. The van der Waals surface area contributed by atoms with Crippen molar-refractivity contribution >= 4 is 59.1 Å². The van der Waals surface area contributed by atoms with Gasteiger partial charge in [0.1, 0.15) is 12.1 Å². The number of nitrogens with two attached hydrogens (primary N) is 2. The van der Waals surface area contributed by atoms with E-state index in [1.165, 1.54) is 7.11 Å². The molecule has 0 spiro atoms. The summed E-state index contributed by atoms with van der Waals surface area (Å²) in [5, 5.41) is 11.0. The molecule has 9 N–H and O–H groups in total. The highest BCUT2D eigenvalue weighted by molar-refractivity contribution is 7.98. The van der Waals surface area contributed by atoms with Gasteiger partial charge in [-0.2, -0.15) is 0 Å². The third-order valence-electron chi connectivity index (χ3n) is 13.0. The Labute approximate surface area is 409 Å². The maximum Gasteiger partial charge on any atom is 0.312 e. The Hall–Kier alpha value is -4.50. The van der Waals surface area contributed by atoms with Crippen LogP contribution in [0, 0.1) is 29.6 Å². The van der Waals surface area contributed by atoms with Crippen LogP contribution in [0.15, 0.2) is 29.2 Å². The summed E-state index contributed by atoms with van der Waals surface area (Å²) in [7, 11) is 8.49. The number of amides is 8. The normalized spacial score (nSPS) is 17.9. The number of anilines is 1. The zero-order valence-corrected chi connectivity index (χ0v) is 43.9. The van der Waals surface area contributed by atoms with Crippen molar-refractivity contribution in [2.24, 2.45) is 41.1 Å². The Morgan fingerprint density at radius 3 is 1.99 bits per heavy atom. The van der Waals surface area contributed by atoms with Crippen molar-refractivity contribution in [2.45, 2.75) is 154 Å². The number of nitrogens with one attached hydrogen (secondary N) is 5. The maximum absolute atomic E-state index is 14.3. The van der Waals surface area contributed by atoms with Crippen LogP contribution in [-0.2, 0) is 38.2 Å². The van der Waals surface area contributed by atoms with Crippen molar-refractivity contribution in [3.05, 3.63) is 24.3 Å². The van der Waals surface area contributed by atoms with Crippen LogP contribution in [0.4, 0.5) is 10.5 Å². The van der Waals surface area contributed by atoms with E-state index in [9.17, 15) is 33.6 Å². The summed E-state index contributed by atoms with van der Waals surface area (Å²) in [5.74, 6) is -2.90. The molecule has 1 fully saturated rings. The minimum Gasteiger partial charge on any atom is -0.379 e. The summed E-state index contributed by atoms with van der Waals surface area (Å²) in [5.41, 5.74) is 11.6. The van der Waals surface area contributed by atoms with Crippen LogP contribution in [0.2, 0.25) is 0 Å². The minimum absolute atomic E-state index is 0.00622. The molecular formula is C48H84N10O9S. The largest absolute Gasteiger partial charge is 0.379 e. The number of carbonyl (C=O) groups excluding carboxylic acids is 7. The third kappa shape index (κ3) is 17.5. The molecule has 0 saturated carbocycles. The van der Waals surface area contributed by atoms with Gasteiger partial charge in [-0.05, 0) is 99.7 Å². The highest BCUT2D eigenvalue weighted by Crippen LogP contribution is 2.30. The second-order valence-electron chi connectivity index (χ2n) is 19.3. The quantitative estimate of drug-likeness (QED) is 0.0472. The SMILES string of the molecule is CC[C@H](C)[C@@H]([C@@H](CC(=O)N1CCC[C@H]1[C@H](OC)[C@@H](C)C(=O)NSc1ccc(NC(=O)[C@H](CCCNC(N)=O)NC(=O)[C@@H](N)C(C)C)cc1)OC)N(C)C(=O)[C@@H](NC(=O)[C@H](C(C)C)N(C)C)C(C)C. The Morgan fingerprint density at radius 1 is 0.838 bits per heavy atom. The molecule has 20 heteroatoms. The first-order valence-corrected chi connectivity index (χ1v) is 24.8. The lowest BCUT2D eigenvalue weighted by molar-refractivity contribution is -0.148. The lowest BCUT2D eigenvalue weighted by atomic mass is 9.89. The summed E-state index contributed by atoms with van der Waals surface area (Å²) < 4.78 is 14.9. The molecule has 0 unspecified atom stereocenters. The zero-order chi connectivity index (χ0) is 51.6. The van der Waals surface area contributed by atoms with E-state index in [4.69, 9.17) is 20.9 Å². The number of urea groups is 1. The topological polar surface area (TPSA) is 260 Å². The molecule has 1 aromatic carbocycles. The first kappa shape index (κ1) is 59.6. The molecule has 1 aliphatic heterocycles. The van der Waals surface area contributed by atoms with Crippen molar-refractivity contribution in [1.29, 1.82) is 0 Å². The van der Waals surface area contributed by atoms with Gasteiger partial charge < -0.3 is 52.0 Å². The van der Waals surface area contributed by atoms with E-state index >= 15 is 0 Å². The zero-order valence-electron chi connectivity index (χ0n) is 43.1. The molecule has 8 amide bonds. The summed E-state index contributed by atoms with van der Waals surface area (Å²) in [4.78, 5) is 98.9. The molecule has 0 bridgehead atoms. The first-order chi connectivity index (χ1) is 31.9. The van der Waals surface area contributed by atoms with Crippen LogP contribution in [0.25, 0.3) is 0 Å². The molecule has 0 radical (unpaired) electrons. The molecule has 1 heterocycles. The number of benzene rings is 1. The lowest BCUT2D eigenvalue weighted by Gasteiger charge is -2.41. The van der Waals surface area contributed by atoms with E-state index in [0.29, 0.717) is 36.4 Å². The Bertz CT molecular complexity index is 1790. The Morgan fingerprint density at radius 2 is 1.47 bits per heavy atom. The number of carbonyl (C=O) groups is 7. The van der Waals surface area contributed by atoms with Crippen molar-refractivity contribution in [1.82, 2.24) is 35.4 Å². The van der Waals surface area contributed by atoms with E-state index < -0.39 is 66.2 Å². The fourth-order valence-electron chi connectivity index (χ4n) is 8.81. The van der Waals surface area contributed by atoms with Gasteiger partial charge in [0.2, 0.25) is 35.4 Å². The summed E-state index contributed by atoms with van der Waals surface area (Å²) >= 11 is 1.10. The molecule has 2 rings (SSSR count). The molecule has 1 aliphatic rings. The molecule has 68 heavy (non-hydrogen) atoms. The average molecular weight is 977 g/mol. The second kappa shape index (κ2) is 28.9. The molecule has 10 atom stereocenters. The molecule has 1 aromatic rings. The lowest BCUT2D eigenvalue weighted by Crippen LogP contribution is -2.59. The van der Waals surface area contributed by atoms with Crippen LogP contribution >= 0.6 is 11.9 Å². The fraction of sp³-hybridized carbons (Fsp3) is 0.729. The number of hydrogen-bond acceptors (Lipinski definition) is 12. The van der Waals surface area contributed by atoms with Gasteiger partial charge in [0.15, 0.2) is 0 Å². The predicted octanol–water partition coefficient (Wildman–Crippen LogP) is 3.31. The van der Waals surface area contributed by atoms with Gasteiger partial charge in [0.25, 0.3) is 0 Å². The van der Waals surface area contributed by atoms with E-state index in [1.54, 1.807) is 69.0 Å². The number of likely N-dealkylation sites (tertiary alicyclic amines) is 1. The van der Waals surface area contributed by atoms with Gasteiger partial charge in [-0.3, -0.25) is 38.4 Å². The molecule has 1 saturated heterocycles. The van der Waals surface area contributed by atoms with E-state index in [0.717, 1.165) is 18.4 Å². The van der Waals surface area contributed by atoms with Crippen molar-refractivity contribution < 1.29 is 43.0 Å². The van der Waals surface area contributed by atoms with E-state index in [1.807, 2.05) is 60.5 Å². The van der Waals surface area contributed by atoms with Gasteiger partial charge in [-0.15, -0.1) is 0 Å². The van der Waals surface area contributed by atoms with Gasteiger partial charge in [0.05, 0.1) is 48.7 Å². The van der Waals surface area contributed by atoms with Crippen molar-refractivity contribution in [2.75, 3.05) is 53.8 Å². The second-order valence-corrected chi connectivity index (χ2v) is 20.2. The van der Waals surface area contributed by atoms with Crippen LogP contribution in [0.3, 0.4) is 0 Å². The molecule has 0 aliphatic carbocycles. The molecule has 0 aromatic heterocycles. The number of methoxy groups -OCH3 is 2. The van der Waals surface area contributed by atoms with Gasteiger partial charge in [-0.1, -0.05) is 68.7 Å². The van der Waals surface area contributed by atoms with Crippen molar-refractivity contribution in [3.63, 3.8) is 0 Å². The van der Waals surface area contributed by atoms with Crippen LogP contribution in [0.5, 0.6) is 0 Å². The monoisotopic (exact) mass is 977 g/mol. The van der Waals surface area contributed by atoms with Crippen molar-refractivity contribution in [3.8, 4) is 0 Å². The highest BCUT2D eigenvalue weighted by atomic mass is 32.2. The smallest absolute Gasteiger partial charge is 0.312 e. The van der Waals surface area contributed by atoms with Gasteiger partial charge in [-0.25, -0.2) is 4.79 Å². The van der Waals surface area contributed by atoms with Gasteiger partial charge in [0, 0.05) is 44.9 Å². The summed E-state index contributed by atoms with van der Waals surface area (Å²) in [6, 6.07) is 2.30.